The molecule has 136 valence electrons. The number of alkyl halides is 3. The summed E-state index contributed by atoms with van der Waals surface area (Å²) < 4.78 is 45.5. The molecule has 3 heterocycles. The van der Waals surface area contributed by atoms with Crippen LogP contribution in [0.5, 0.6) is 0 Å². The fraction of sp³-hybridized carbons (Fsp3) is 0.400. The minimum atomic E-state index is -4.70. The summed E-state index contributed by atoms with van der Waals surface area (Å²) in [5, 5.41) is 7.31. The Labute approximate surface area is 149 Å². The number of pyridine rings is 1. The number of esters is 1. The Balaban J connectivity index is 1.95. The molecule has 3 aromatic heterocycles. The Hall–Kier alpha value is -2.43. The molecule has 26 heavy (non-hydrogen) atoms. The number of carbonyl (C=O) groups excluding carboxylic acids is 1. The van der Waals surface area contributed by atoms with Crippen LogP contribution in [-0.2, 0) is 10.9 Å². The zero-order valence-corrected chi connectivity index (χ0v) is 14.3. The Morgan fingerprint density at radius 1 is 1.35 bits per heavy atom. The third-order valence-corrected chi connectivity index (χ3v) is 5.15. The number of rotatable bonds is 4. The average Bonchev–Trinajstić information content (AvgIpc) is 3.32. The third-order valence-electron chi connectivity index (χ3n) is 3.96. The van der Waals surface area contributed by atoms with Crippen LogP contribution in [0.2, 0.25) is 0 Å². The number of hydrogen-bond donors (Lipinski definition) is 0. The van der Waals surface area contributed by atoms with Gasteiger partial charge in [0.15, 0.2) is 11.3 Å². The topological polar surface area (TPSA) is 82.3 Å². The molecular formula is C15H12F3N5O2S. The van der Waals surface area contributed by atoms with Crippen LogP contribution in [0.25, 0.3) is 16.8 Å². The summed E-state index contributed by atoms with van der Waals surface area (Å²) in [5.41, 5.74) is 0.185. The number of aromatic nitrogens is 5. The van der Waals surface area contributed by atoms with E-state index in [9.17, 15) is 18.0 Å². The zero-order chi connectivity index (χ0) is 18.5. The standard InChI is InChI=1S/C15H12F3N5O2S/c1-25-13(24)8-4-9-10(19-5-8)23-11(21-22-14(23)15(16,17)18)12(20-9)26-6-7-2-3-7/h4-5,7H,2-3,6H2,1H3. The summed E-state index contributed by atoms with van der Waals surface area (Å²) in [7, 11) is 1.21. The molecular weight excluding hydrogens is 371 g/mol. The molecule has 0 aromatic carbocycles. The fourth-order valence-corrected chi connectivity index (χ4v) is 3.63. The summed E-state index contributed by atoms with van der Waals surface area (Å²) in [6, 6.07) is 1.36. The number of carbonyl (C=O) groups is 1. The van der Waals surface area contributed by atoms with Crippen molar-refractivity contribution in [1.82, 2.24) is 24.6 Å². The second-order valence-corrected chi connectivity index (χ2v) is 6.92. The van der Waals surface area contributed by atoms with Crippen molar-refractivity contribution < 1.29 is 22.7 Å². The van der Waals surface area contributed by atoms with Crippen molar-refractivity contribution >= 4 is 34.5 Å². The van der Waals surface area contributed by atoms with Crippen LogP contribution in [-0.4, -0.2) is 43.4 Å². The minimum absolute atomic E-state index is 0.00814. The molecule has 0 unspecified atom stereocenters. The molecule has 7 nitrogen and oxygen atoms in total. The predicted octanol–water partition coefficient (Wildman–Crippen LogP) is 2.98. The Morgan fingerprint density at radius 3 is 2.77 bits per heavy atom. The lowest BCUT2D eigenvalue weighted by Crippen LogP contribution is -2.13. The van der Waals surface area contributed by atoms with E-state index in [2.05, 4.69) is 24.9 Å². The van der Waals surface area contributed by atoms with Crippen LogP contribution < -0.4 is 0 Å². The monoisotopic (exact) mass is 383 g/mol. The molecule has 0 bridgehead atoms. The fourth-order valence-electron chi connectivity index (χ4n) is 2.47. The van der Waals surface area contributed by atoms with Gasteiger partial charge in [0.05, 0.1) is 12.7 Å². The van der Waals surface area contributed by atoms with Gasteiger partial charge in [0, 0.05) is 11.9 Å². The molecule has 0 saturated heterocycles. The lowest BCUT2D eigenvalue weighted by Gasteiger charge is -2.09. The van der Waals surface area contributed by atoms with Crippen LogP contribution in [0.1, 0.15) is 29.0 Å². The van der Waals surface area contributed by atoms with Gasteiger partial charge in [-0.1, -0.05) is 0 Å². The predicted molar refractivity (Wildman–Crippen MR) is 85.9 cm³/mol. The van der Waals surface area contributed by atoms with Crippen LogP contribution in [0.3, 0.4) is 0 Å². The van der Waals surface area contributed by atoms with Gasteiger partial charge in [-0.2, -0.15) is 13.2 Å². The van der Waals surface area contributed by atoms with E-state index < -0.39 is 18.0 Å². The summed E-state index contributed by atoms with van der Waals surface area (Å²) in [4.78, 5) is 20.1. The second kappa shape index (κ2) is 6.08. The number of hydrogen-bond acceptors (Lipinski definition) is 7. The largest absolute Gasteiger partial charge is 0.465 e. The normalized spacial score (nSPS) is 14.9. The number of thioether (sulfide) groups is 1. The number of ether oxygens (including phenoxy) is 1. The summed E-state index contributed by atoms with van der Waals surface area (Å²) >= 11 is 1.33. The quantitative estimate of drug-likeness (QED) is 0.506. The van der Waals surface area contributed by atoms with Crippen LogP contribution in [0.4, 0.5) is 13.2 Å². The van der Waals surface area contributed by atoms with Gasteiger partial charge in [0.2, 0.25) is 5.82 Å². The molecule has 11 heteroatoms. The highest BCUT2D eigenvalue weighted by molar-refractivity contribution is 7.99. The average molecular weight is 383 g/mol. The van der Waals surface area contributed by atoms with E-state index in [1.54, 1.807) is 0 Å². The highest BCUT2D eigenvalue weighted by Crippen LogP contribution is 2.37. The maximum atomic E-state index is 13.3. The van der Waals surface area contributed by atoms with Crippen molar-refractivity contribution in [3.8, 4) is 0 Å². The van der Waals surface area contributed by atoms with E-state index in [0.717, 1.165) is 29.2 Å². The lowest BCUT2D eigenvalue weighted by molar-refractivity contribution is -0.145. The summed E-state index contributed by atoms with van der Waals surface area (Å²) in [6.07, 6.45) is -1.35. The van der Waals surface area contributed by atoms with Crippen LogP contribution >= 0.6 is 11.8 Å². The molecule has 1 aliphatic rings. The summed E-state index contributed by atoms with van der Waals surface area (Å²) in [6.45, 7) is 0. The molecule has 1 saturated carbocycles. The van der Waals surface area contributed by atoms with Gasteiger partial charge in [0.1, 0.15) is 10.5 Å². The third kappa shape index (κ3) is 2.96. The molecule has 0 spiro atoms. The van der Waals surface area contributed by atoms with E-state index in [4.69, 9.17) is 0 Å². The van der Waals surface area contributed by atoms with Gasteiger partial charge >= 0.3 is 12.1 Å². The van der Waals surface area contributed by atoms with Crippen molar-refractivity contribution in [3.05, 3.63) is 23.7 Å². The van der Waals surface area contributed by atoms with Crippen molar-refractivity contribution in [1.29, 1.82) is 0 Å². The molecule has 0 radical (unpaired) electrons. The highest BCUT2D eigenvalue weighted by Gasteiger charge is 2.38. The molecule has 0 aliphatic heterocycles. The van der Waals surface area contributed by atoms with E-state index in [1.807, 2.05) is 0 Å². The number of fused-ring (bicyclic) bond motifs is 3. The SMILES string of the molecule is COC(=O)c1cnc2c(c1)nc(SCC1CC1)c1nnc(C(F)(F)F)n12. The van der Waals surface area contributed by atoms with Crippen molar-refractivity contribution in [2.75, 3.05) is 12.9 Å². The molecule has 4 rings (SSSR count). The first-order chi connectivity index (χ1) is 12.4. The Morgan fingerprint density at radius 2 is 2.12 bits per heavy atom. The first-order valence-corrected chi connectivity index (χ1v) is 8.70. The van der Waals surface area contributed by atoms with Gasteiger partial charge in [-0.3, -0.25) is 4.40 Å². The van der Waals surface area contributed by atoms with Gasteiger partial charge < -0.3 is 4.74 Å². The van der Waals surface area contributed by atoms with Crippen molar-refractivity contribution in [3.63, 3.8) is 0 Å². The number of halogens is 3. The van der Waals surface area contributed by atoms with Crippen LogP contribution in [0.15, 0.2) is 17.3 Å². The molecule has 0 atom stereocenters. The molecule has 3 aromatic rings. The lowest BCUT2D eigenvalue weighted by atomic mass is 10.2. The molecule has 0 amide bonds. The zero-order valence-electron chi connectivity index (χ0n) is 13.4. The maximum absolute atomic E-state index is 13.3. The van der Waals surface area contributed by atoms with Crippen molar-refractivity contribution in [2.24, 2.45) is 5.92 Å². The number of nitrogens with zero attached hydrogens (tertiary/aromatic N) is 5. The van der Waals surface area contributed by atoms with Gasteiger partial charge in [-0.15, -0.1) is 22.0 Å². The van der Waals surface area contributed by atoms with Gasteiger partial charge in [-0.25, -0.2) is 14.8 Å². The molecule has 0 N–H and O–H groups in total. The van der Waals surface area contributed by atoms with E-state index >= 15 is 0 Å². The Bertz CT molecular complexity index is 1020. The Kier molecular flexibility index (Phi) is 3.98. The van der Waals surface area contributed by atoms with E-state index in [1.165, 1.54) is 24.9 Å². The number of methoxy groups -OCH3 is 1. The summed E-state index contributed by atoms with van der Waals surface area (Å²) in [5.74, 6) is -0.534. The minimum Gasteiger partial charge on any atom is -0.465 e. The van der Waals surface area contributed by atoms with Gasteiger partial charge in [0.25, 0.3) is 0 Å². The van der Waals surface area contributed by atoms with E-state index in [-0.39, 0.29) is 22.4 Å². The van der Waals surface area contributed by atoms with Crippen molar-refractivity contribution in [2.45, 2.75) is 24.0 Å². The maximum Gasteiger partial charge on any atom is 0.452 e. The molecule has 1 fully saturated rings. The van der Waals surface area contributed by atoms with Gasteiger partial charge in [-0.05, 0) is 24.8 Å². The van der Waals surface area contributed by atoms with E-state index in [0.29, 0.717) is 10.9 Å². The first-order valence-electron chi connectivity index (χ1n) is 7.71. The highest BCUT2D eigenvalue weighted by atomic mass is 32.2. The first kappa shape index (κ1) is 17.0. The molecule has 1 aliphatic carbocycles. The van der Waals surface area contributed by atoms with Crippen LogP contribution in [0, 0.1) is 5.92 Å². The second-order valence-electron chi connectivity index (χ2n) is 5.91. The smallest absolute Gasteiger partial charge is 0.452 e.